The largest absolute Gasteiger partial charge is 0.310 e. The Bertz CT molecular complexity index is 439. The van der Waals surface area contributed by atoms with E-state index in [1.165, 1.54) is 19.3 Å². The molecule has 1 nitrogen and oxygen atoms in total. The van der Waals surface area contributed by atoms with Crippen LogP contribution in [0.3, 0.4) is 0 Å². The molecule has 0 saturated heterocycles. The lowest BCUT2D eigenvalue weighted by atomic mass is 9.80. The maximum Gasteiger partial charge on any atom is 0.130 e. The summed E-state index contributed by atoms with van der Waals surface area (Å²) in [6.07, 6.45) is 7.01. The Morgan fingerprint density at radius 3 is 2.50 bits per heavy atom. The van der Waals surface area contributed by atoms with E-state index in [-0.39, 0.29) is 6.04 Å². The van der Waals surface area contributed by atoms with E-state index >= 15 is 0 Å². The van der Waals surface area contributed by atoms with E-state index in [1.54, 1.807) is 13.0 Å². The summed E-state index contributed by atoms with van der Waals surface area (Å²) in [6, 6.07) is 2.75. The molecule has 2 rings (SSSR count). The number of hydrogen-bond donors (Lipinski definition) is 1. The standard InChI is InChI=1S/C17H25F2N/c1-3-9-20-17(13-7-5-4-6-8-13)14-10-12(2)15(18)11-16(14)19/h10-11,13,17,20H,3-9H2,1-2H3. The molecular formula is C17H25F2N. The average Bonchev–Trinajstić information content (AvgIpc) is 2.45. The van der Waals surface area contributed by atoms with Crippen molar-refractivity contribution in [3.63, 3.8) is 0 Å². The summed E-state index contributed by atoms with van der Waals surface area (Å²) >= 11 is 0. The monoisotopic (exact) mass is 281 g/mol. The van der Waals surface area contributed by atoms with Crippen LogP contribution in [0, 0.1) is 24.5 Å². The van der Waals surface area contributed by atoms with Crippen molar-refractivity contribution < 1.29 is 8.78 Å². The molecule has 0 bridgehead atoms. The van der Waals surface area contributed by atoms with Crippen LogP contribution in [0.5, 0.6) is 0 Å². The first-order valence-corrected chi connectivity index (χ1v) is 7.82. The first kappa shape index (κ1) is 15.4. The smallest absolute Gasteiger partial charge is 0.130 e. The molecule has 1 unspecified atom stereocenters. The molecule has 0 radical (unpaired) electrons. The Hall–Kier alpha value is -0.960. The van der Waals surface area contributed by atoms with Crippen LogP contribution >= 0.6 is 0 Å². The van der Waals surface area contributed by atoms with Gasteiger partial charge in [-0.1, -0.05) is 26.2 Å². The van der Waals surface area contributed by atoms with Crippen molar-refractivity contribution in [1.29, 1.82) is 0 Å². The number of halogens is 2. The lowest BCUT2D eigenvalue weighted by molar-refractivity contribution is 0.267. The highest BCUT2D eigenvalue weighted by molar-refractivity contribution is 5.29. The summed E-state index contributed by atoms with van der Waals surface area (Å²) in [7, 11) is 0. The highest BCUT2D eigenvalue weighted by atomic mass is 19.1. The molecule has 1 atom stereocenters. The fourth-order valence-corrected chi connectivity index (χ4v) is 3.22. The number of benzene rings is 1. The summed E-state index contributed by atoms with van der Waals surface area (Å²) in [5, 5.41) is 3.48. The predicted octanol–water partition coefficient (Wildman–Crippen LogP) is 4.89. The number of rotatable bonds is 5. The van der Waals surface area contributed by atoms with Gasteiger partial charge in [-0.25, -0.2) is 8.78 Å². The van der Waals surface area contributed by atoms with Gasteiger partial charge in [0.25, 0.3) is 0 Å². The molecule has 0 spiro atoms. The zero-order valence-electron chi connectivity index (χ0n) is 12.5. The first-order chi connectivity index (χ1) is 9.63. The summed E-state index contributed by atoms with van der Waals surface area (Å²) in [4.78, 5) is 0. The SMILES string of the molecule is CCCNC(c1cc(C)c(F)cc1F)C1CCCCC1. The predicted molar refractivity (Wildman–Crippen MR) is 78.7 cm³/mol. The highest BCUT2D eigenvalue weighted by Gasteiger charge is 2.27. The van der Waals surface area contributed by atoms with Crippen molar-refractivity contribution in [3.8, 4) is 0 Å². The Balaban J connectivity index is 2.27. The van der Waals surface area contributed by atoms with Gasteiger partial charge in [-0.05, 0) is 50.3 Å². The number of aryl methyl sites for hydroxylation is 1. The fourth-order valence-electron chi connectivity index (χ4n) is 3.22. The molecule has 0 heterocycles. The van der Waals surface area contributed by atoms with E-state index in [2.05, 4.69) is 12.2 Å². The van der Waals surface area contributed by atoms with Gasteiger partial charge in [0.15, 0.2) is 0 Å². The summed E-state index contributed by atoms with van der Waals surface area (Å²) < 4.78 is 27.6. The van der Waals surface area contributed by atoms with Crippen LogP contribution in [-0.2, 0) is 0 Å². The zero-order chi connectivity index (χ0) is 14.5. The number of hydrogen-bond acceptors (Lipinski definition) is 1. The van der Waals surface area contributed by atoms with E-state index in [1.807, 2.05) is 0 Å². The van der Waals surface area contributed by atoms with Crippen molar-refractivity contribution in [2.45, 2.75) is 58.4 Å². The van der Waals surface area contributed by atoms with E-state index < -0.39 is 11.6 Å². The minimum Gasteiger partial charge on any atom is -0.310 e. The van der Waals surface area contributed by atoms with Gasteiger partial charge in [-0.15, -0.1) is 0 Å². The molecule has 112 valence electrons. The molecule has 20 heavy (non-hydrogen) atoms. The summed E-state index contributed by atoms with van der Waals surface area (Å²) in [5.74, 6) is -0.397. The molecule has 1 aliphatic carbocycles. The van der Waals surface area contributed by atoms with E-state index in [9.17, 15) is 8.78 Å². The van der Waals surface area contributed by atoms with Gasteiger partial charge in [0, 0.05) is 17.7 Å². The van der Waals surface area contributed by atoms with Gasteiger partial charge in [-0.2, -0.15) is 0 Å². The Morgan fingerprint density at radius 1 is 1.15 bits per heavy atom. The molecule has 1 aliphatic rings. The molecule has 1 saturated carbocycles. The van der Waals surface area contributed by atoms with Gasteiger partial charge in [0.2, 0.25) is 0 Å². The van der Waals surface area contributed by atoms with Crippen molar-refractivity contribution >= 4 is 0 Å². The van der Waals surface area contributed by atoms with Gasteiger partial charge in [-0.3, -0.25) is 0 Å². The maximum absolute atomic E-state index is 14.2. The Morgan fingerprint density at radius 2 is 1.85 bits per heavy atom. The van der Waals surface area contributed by atoms with Crippen molar-refractivity contribution in [2.75, 3.05) is 6.54 Å². The zero-order valence-corrected chi connectivity index (χ0v) is 12.5. The lowest BCUT2D eigenvalue weighted by Gasteiger charge is -2.32. The van der Waals surface area contributed by atoms with Gasteiger partial charge < -0.3 is 5.32 Å². The van der Waals surface area contributed by atoms with Crippen LogP contribution in [0.4, 0.5) is 8.78 Å². The molecule has 0 aliphatic heterocycles. The molecule has 0 amide bonds. The molecule has 0 aromatic heterocycles. The third kappa shape index (κ3) is 3.57. The molecule has 1 fully saturated rings. The number of nitrogens with one attached hydrogen (secondary N) is 1. The Kier molecular flexibility index (Phi) is 5.53. The second kappa shape index (κ2) is 7.16. The van der Waals surface area contributed by atoms with Gasteiger partial charge in [0.05, 0.1) is 0 Å². The molecule has 1 aromatic carbocycles. The minimum absolute atomic E-state index is 0.0227. The van der Waals surface area contributed by atoms with Crippen LogP contribution in [0.1, 0.15) is 62.6 Å². The third-order valence-corrected chi connectivity index (χ3v) is 4.35. The maximum atomic E-state index is 14.2. The normalized spacial score (nSPS) is 18.2. The second-order valence-corrected chi connectivity index (χ2v) is 5.95. The van der Waals surface area contributed by atoms with E-state index in [0.29, 0.717) is 17.0 Å². The van der Waals surface area contributed by atoms with Gasteiger partial charge in [0.1, 0.15) is 11.6 Å². The van der Waals surface area contributed by atoms with Crippen LogP contribution in [0.25, 0.3) is 0 Å². The first-order valence-electron chi connectivity index (χ1n) is 7.82. The summed E-state index contributed by atoms with van der Waals surface area (Å²) in [5.41, 5.74) is 1.17. The van der Waals surface area contributed by atoms with Crippen molar-refractivity contribution in [2.24, 2.45) is 5.92 Å². The van der Waals surface area contributed by atoms with Crippen LogP contribution < -0.4 is 5.32 Å². The third-order valence-electron chi connectivity index (χ3n) is 4.35. The minimum atomic E-state index is -0.455. The van der Waals surface area contributed by atoms with Crippen molar-refractivity contribution in [3.05, 3.63) is 34.9 Å². The summed E-state index contributed by atoms with van der Waals surface area (Å²) in [6.45, 7) is 4.68. The quantitative estimate of drug-likeness (QED) is 0.810. The Labute approximate surface area is 120 Å². The topological polar surface area (TPSA) is 12.0 Å². The van der Waals surface area contributed by atoms with E-state index in [0.717, 1.165) is 31.9 Å². The van der Waals surface area contributed by atoms with Crippen LogP contribution in [0.2, 0.25) is 0 Å². The highest BCUT2D eigenvalue weighted by Crippen LogP contribution is 2.36. The average molecular weight is 281 g/mol. The molecule has 1 N–H and O–H groups in total. The molecule has 1 aromatic rings. The lowest BCUT2D eigenvalue weighted by Crippen LogP contribution is -2.31. The second-order valence-electron chi connectivity index (χ2n) is 5.95. The fraction of sp³-hybridized carbons (Fsp3) is 0.647. The molecular weight excluding hydrogens is 256 g/mol. The van der Waals surface area contributed by atoms with Crippen LogP contribution in [0.15, 0.2) is 12.1 Å². The van der Waals surface area contributed by atoms with Crippen molar-refractivity contribution in [1.82, 2.24) is 5.32 Å². The van der Waals surface area contributed by atoms with Gasteiger partial charge >= 0.3 is 0 Å². The van der Waals surface area contributed by atoms with Crippen LogP contribution in [-0.4, -0.2) is 6.54 Å². The van der Waals surface area contributed by atoms with E-state index in [4.69, 9.17) is 0 Å². The molecule has 3 heteroatoms.